The lowest BCUT2D eigenvalue weighted by molar-refractivity contribution is -0.150. The number of carboxylic acid groups (broad SMARTS) is 1. The average molecular weight is 874 g/mol. The SMILES string of the molecule is CCOC(=O)C1(N)Cc2ccccc2C1.CCOC(=O)C1(NC(=O)c2cc(Cl)cc(C)c2OC2CCC2)Cc2ccccc2C1.Cc1cc(Cl)cc(C(=O)O)c1OC1CCC1. The van der Waals surface area contributed by atoms with Gasteiger partial charge >= 0.3 is 17.9 Å². The van der Waals surface area contributed by atoms with Gasteiger partial charge in [0.1, 0.15) is 28.1 Å². The summed E-state index contributed by atoms with van der Waals surface area (Å²) >= 11 is 12.1. The molecule has 13 heteroatoms. The maximum Gasteiger partial charge on any atom is 0.339 e. The van der Waals surface area contributed by atoms with Gasteiger partial charge in [0.2, 0.25) is 0 Å². The summed E-state index contributed by atoms with van der Waals surface area (Å²) in [5, 5.41) is 13.0. The molecule has 4 aromatic rings. The van der Waals surface area contributed by atoms with Crippen LogP contribution in [-0.2, 0) is 44.7 Å². The first-order valence-corrected chi connectivity index (χ1v) is 21.7. The lowest BCUT2D eigenvalue weighted by Crippen LogP contribution is -2.56. The van der Waals surface area contributed by atoms with Gasteiger partial charge in [0.25, 0.3) is 5.91 Å². The van der Waals surface area contributed by atoms with E-state index in [4.69, 9.17) is 53.0 Å². The molecule has 2 fully saturated rings. The molecule has 0 aliphatic heterocycles. The molecule has 0 unspecified atom stereocenters. The molecule has 4 aromatic carbocycles. The standard InChI is InChI=1S/C24H26ClNO4.C12H13ClO3.C12H15NO2/c1-3-29-23(28)24(13-16-7-4-5-8-17(16)14-24)26-22(27)20-12-18(25)11-15(2)21(20)30-19-9-6-10-19;1-7-5-8(13)6-10(12(14)15)11(7)16-9-3-2-4-9;1-2-15-11(14)12(13)7-9-5-3-4-6-10(9)8-12/h4-5,7-8,11-12,19H,3,6,9-10,13-14H2,1-2H3,(H,26,27);5-6,9H,2-4H2,1H3,(H,14,15);3-6H,2,7-8,13H2,1H3. The minimum Gasteiger partial charge on any atom is -0.489 e. The Morgan fingerprint density at radius 2 is 1.08 bits per heavy atom. The number of amides is 1. The van der Waals surface area contributed by atoms with Crippen LogP contribution in [0.25, 0.3) is 0 Å². The van der Waals surface area contributed by atoms with Crippen LogP contribution in [0.3, 0.4) is 0 Å². The van der Waals surface area contributed by atoms with Gasteiger partial charge in [-0.25, -0.2) is 9.59 Å². The average Bonchev–Trinajstić information content (AvgIpc) is 3.74. The molecule has 2 saturated carbocycles. The first kappa shape index (κ1) is 45.4. The molecule has 0 saturated heterocycles. The van der Waals surface area contributed by atoms with Crippen LogP contribution in [0.4, 0.5) is 0 Å². The van der Waals surface area contributed by atoms with E-state index in [-0.39, 0.29) is 36.3 Å². The van der Waals surface area contributed by atoms with Gasteiger partial charge in [0, 0.05) is 35.7 Å². The minimum absolute atomic E-state index is 0.117. The van der Waals surface area contributed by atoms with Crippen LogP contribution in [0.1, 0.15) is 106 Å². The summed E-state index contributed by atoms with van der Waals surface area (Å²) in [6.07, 6.45) is 8.48. The number of nitrogens with one attached hydrogen (secondary N) is 1. The Morgan fingerprint density at radius 1 is 0.672 bits per heavy atom. The van der Waals surface area contributed by atoms with Crippen molar-refractivity contribution < 1.29 is 43.2 Å². The molecule has 0 bridgehead atoms. The lowest BCUT2D eigenvalue weighted by atomic mass is 9.94. The summed E-state index contributed by atoms with van der Waals surface area (Å²) < 4.78 is 22.2. The zero-order valence-corrected chi connectivity index (χ0v) is 36.6. The van der Waals surface area contributed by atoms with Gasteiger partial charge in [-0.1, -0.05) is 71.7 Å². The van der Waals surface area contributed by atoms with Crippen LogP contribution in [-0.4, -0.2) is 65.4 Å². The zero-order chi connectivity index (χ0) is 43.9. The van der Waals surface area contributed by atoms with Crippen molar-refractivity contribution in [3.8, 4) is 11.5 Å². The smallest absolute Gasteiger partial charge is 0.339 e. The quantitative estimate of drug-likeness (QED) is 0.124. The Morgan fingerprint density at radius 3 is 1.49 bits per heavy atom. The number of hydrogen-bond donors (Lipinski definition) is 3. The molecular weight excluding hydrogens is 819 g/mol. The normalized spacial score (nSPS) is 16.7. The number of carbonyl (C=O) groups is 4. The number of esters is 2. The largest absolute Gasteiger partial charge is 0.489 e. The summed E-state index contributed by atoms with van der Waals surface area (Å²) in [5.74, 6) is -1.09. The molecule has 4 aliphatic rings. The minimum atomic E-state index is -1.14. The van der Waals surface area contributed by atoms with Gasteiger partial charge in [0.05, 0.1) is 31.0 Å². The van der Waals surface area contributed by atoms with Crippen molar-refractivity contribution in [2.75, 3.05) is 13.2 Å². The monoisotopic (exact) mass is 872 g/mol. The van der Waals surface area contributed by atoms with E-state index in [1.807, 2.05) is 62.4 Å². The number of carbonyl (C=O) groups excluding carboxylic acids is 3. The second-order valence-electron chi connectivity index (χ2n) is 16.2. The fraction of sp³-hybridized carbons (Fsp3) is 0.417. The van der Waals surface area contributed by atoms with Crippen LogP contribution in [0.15, 0.2) is 72.8 Å². The van der Waals surface area contributed by atoms with Gasteiger partial charge in [-0.2, -0.15) is 0 Å². The second-order valence-corrected chi connectivity index (χ2v) is 17.1. The number of hydrogen-bond acceptors (Lipinski definition) is 9. The Labute approximate surface area is 367 Å². The molecule has 8 rings (SSSR count). The summed E-state index contributed by atoms with van der Waals surface area (Å²) in [6, 6.07) is 22.4. The summed E-state index contributed by atoms with van der Waals surface area (Å²) in [7, 11) is 0. The van der Waals surface area contributed by atoms with Gasteiger partial charge < -0.3 is 35.1 Å². The summed E-state index contributed by atoms with van der Waals surface area (Å²) in [4.78, 5) is 49.1. The van der Waals surface area contributed by atoms with Gasteiger partial charge in [-0.05, 0) is 124 Å². The van der Waals surface area contributed by atoms with Crippen molar-refractivity contribution in [3.63, 3.8) is 0 Å². The fourth-order valence-electron chi connectivity index (χ4n) is 7.93. The van der Waals surface area contributed by atoms with Crippen LogP contribution >= 0.6 is 23.2 Å². The molecule has 0 atom stereocenters. The third-order valence-electron chi connectivity index (χ3n) is 11.6. The Kier molecular flexibility index (Phi) is 14.7. The van der Waals surface area contributed by atoms with Crippen LogP contribution in [0.2, 0.25) is 10.0 Å². The van der Waals surface area contributed by atoms with Crippen LogP contribution in [0.5, 0.6) is 11.5 Å². The number of benzene rings is 4. The highest BCUT2D eigenvalue weighted by Gasteiger charge is 2.47. The molecule has 4 N–H and O–H groups in total. The predicted octanol–water partition coefficient (Wildman–Crippen LogP) is 8.73. The molecule has 11 nitrogen and oxygen atoms in total. The first-order chi connectivity index (χ1) is 29.1. The van der Waals surface area contributed by atoms with Crippen LogP contribution in [0, 0.1) is 13.8 Å². The number of fused-ring (bicyclic) bond motifs is 2. The van der Waals surface area contributed by atoms with Crippen molar-refractivity contribution in [2.45, 2.75) is 115 Å². The molecule has 61 heavy (non-hydrogen) atoms. The number of halogens is 2. The van der Waals surface area contributed by atoms with Crippen molar-refractivity contribution >= 4 is 47.0 Å². The molecular formula is C48H54Cl2N2O9. The third-order valence-corrected chi connectivity index (χ3v) is 12.0. The molecule has 1 amide bonds. The van der Waals surface area contributed by atoms with Gasteiger partial charge in [0.15, 0.2) is 0 Å². The molecule has 0 radical (unpaired) electrons. The third kappa shape index (κ3) is 10.7. The van der Waals surface area contributed by atoms with E-state index in [2.05, 4.69) is 5.32 Å². The molecule has 0 heterocycles. The van der Waals surface area contributed by atoms with E-state index in [1.165, 1.54) is 6.07 Å². The molecule has 4 aliphatic carbocycles. The lowest BCUT2D eigenvalue weighted by Gasteiger charge is -2.30. The highest BCUT2D eigenvalue weighted by Crippen LogP contribution is 2.36. The first-order valence-electron chi connectivity index (χ1n) is 20.9. The van der Waals surface area contributed by atoms with E-state index in [9.17, 15) is 19.2 Å². The van der Waals surface area contributed by atoms with Gasteiger partial charge in [-0.3, -0.25) is 9.59 Å². The topological polar surface area (TPSA) is 163 Å². The van der Waals surface area contributed by atoms with E-state index in [1.54, 1.807) is 32.0 Å². The summed E-state index contributed by atoms with van der Waals surface area (Å²) in [5.41, 5.74) is 10.6. The molecule has 0 spiro atoms. The van der Waals surface area contributed by atoms with Crippen molar-refractivity contribution in [3.05, 3.63) is 127 Å². The number of aryl methyl sites for hydroxylation is 2. The Balaban J connectivity index is 0.000000169. The summed E-state index contributed by atoms with van der Waals surface area (Å²) in [6.45, 7) is 7.88. The van der Waals surface area contributed by atoms with Crippen LogP contribution < -0.4 is 20.5 Å². The zero-order valence-electron chi connectivity index (χ0n) is 35.1. The highest BCUT2D eigenvalue weighted by molar-refractivity contribution is 6.31. The molecule has 324 valence electrons. The molecule has 0 aromatic heterocycles. The van der Waals surface area contributed by atoms with E-state index in [0.29, 0.717) is 59.4 Å². The Bertz CT molecular complexity index is 2220. The van der Waals surface area contributed by atoms with E-state index < -0.39 is 23.0 Å². The number of nitrogens with two attached hydrogens (primary N) is 1. The Hall–Kier alpha value is -5.10. The number of carboxylic acids is 1. The number of aromatic carboxylic acids is 1. The maximum atomic E-state index is 13.4. The van der Waals surface area contributed by atoms with Crippen molar-refractivity contribution in [2.24, 2.45) is 5.73 Å². The second kappa shape index (κ2) is 19.7. The highest BCUT2D eigenvalue weighted by atomic mass is 35.5. The maximum absolute atomic E-state index is 13.4. The predicted molar refractivity (Wildman–Crippen MR) is 234 cm³/mol. The number of ether oxygens (including phenoxy) is 4. The van der Waals surface area contributed by atoms with Crippen molar-refractivity contribution in [1.29, 1.82) is 0 Å². The van der Waals surface area contributed by atoms with Gasteiger partial charge in [-0.15, -0.1) is 0 Å². The number of rotatable bonds is 11. The van der Waals surface area contributed by atoms with E-state index in [0.717, 1.165) is 71.9 Å². The van der Waals surface area contributed by atoms with E-state index >= 15 is 0 Å². The fourth-order valence-corrected chi connectivity index (χ4v) is 8.47. The van der Waals surface area contributed by atoms with Crippen molar-refractivity contribution in [1.82, 2.24) is 5.32 Å².